The summed E-state index contributed by atoms with van der Waals surface area (Å²) in [5, 5.41) is 0. The van der Waals surface area contributed by atoms with Crippen molar-refractivity contribution < 1.29 is 74.6 Å². The summed E-state index contributed by atoms with van der Waals surface area (Å²) >= 11 is 0. The molecule has 6 aromatic carbocycles. The molecule has 7 rings (SSSR count). The number of benzene rings is 6. The third-order valence-corrected chi connectivity index (χ3v) is 17.2. The minimum atomic E-state index is -3.87. The molecule has 0 spiro atoms. The molecule has 19 nitrogen and oxygen atoms in total. The Balaban J connectivity index is 1.23. The number of aromatic nitrogens is 2. The Labute approximate surface area is 512 Å². The first kappa shape index (κ1) is 67.6. The Hall–Kier alpha value is -6.86. The largest absolute Gasteiger partial charge is 0.497 e. The number of rotatable bonds is 36. The van der Waals surface area contributed by atoms with Gasteiger partial charge in [-0.2, -0.15) is 9.97 Å². The Bertz CT molecular complexity index is 2930. The Morgan fingerprint density at radius 2 is 0.655 bits per heavy atom. The fourth-order valence-corrected chi connectivity index (χ4v) is 13.3. The first-order chi connectivity index (χ1) is 41.7. The van der Waals surface area contributed by atoms with Crippen molar-refractivity contribution in [1.29, 1.82) is 0 Å². The summed E-state index contributed by atoms with van der Waals surface area (Å²) in [4.78, 5) is 8.84. The standard InChI is InChI=1S/C66H83N3O16P2/c1-46(2)82-86(70,83-47(3)4)44-78-60(42-80-65(50-19-15-13-16-20-50,52-23-31-56(72-9)32-24-52)53-25-33-57(73-10)34-26-53)40-76-62-39-63(69-64(67)68-62)77-41-61(79-45-87(71,84-48(5)6)85-49(7)8)43-81-66(51-21-17-14-18-22-51,54-27-35-58(74-11)36-28-54)55-29-37-59(75-12)38-30-55/h13-39,46-49,60-61H,40-45H2,1-12H3,(H2,67,68,69)/t60-,61-/m0/s1. The lowest BCUT2D eigenvalue weighted by atomic mass is 9.80. The summed E-state index contributed by atoms with van der Waals surface area (Å²) < 4.78 is 115. The third-order valence-electron chi connectivity index (χ3n) is 13.3. The molecule has 0 aliphatic carbocycles. The van der Waals surface area contributed by atoms with Crippen LogP contribution in [0.1, 0.15) is 88.8 Å². The summed E-state index contributed by atoms with van der Waals surface area (Å²) in [5.41, 5.74) is 8.55. The molecular weight excluding hydrogens is 1150 g/mol. The number of nitrogens with two attached hydrogens (primary N) is 1. The van der Waals surface area contributed by atoms with Crippen molar-refractivity contribution in [1.82, 2.24) is 9.97 Å². The van der Waals surface area contributed by atoms with Crippen molar-refractivity contribution >= 4 is 21.1 Å². The lowest BCUT2D eigenvalue weighted by Crippen LogP contribution is -2.38. The van der Waals surface area contributed by atoms with Gasteiger partial charge in [0.1, 0.15) is 72.3 Å². The summed E-state index contributed by atoms with van der Waals surface area (Å²) in [7, 11) is -1.32. The lowest BCUT2D eigenvalue weighted by molar-refractivity contribution is -0.0728. The molecule has 0 saturated carbocycles. The van der Waals surface area contributed by atoms with Gasteiger partial charge in [0.15, 0.2) is 0 Å². The number of hydrogen-bond donors (Lipinski definition) is 1. The molecule has 2 atom stereocenters. The maximum atomic E-state index is 14.4. The Morgan fingerprint density at radius 3 is 0.908 bits per heavy atom. The van der Waals surface area contributed by atoms with Crippen molar-refractivity contribution in [2.75, 3.05) is 73.3 Å². The smallest absolute Gasteiger partial charge is 0.356 e. The fraction of sp³-hybridized carbons (Fsp3) is 0.394. The van der Waals surface area contributed by atoms with Gasteiger partial charge in [0.2, 0.25) is 17.7 Å². The summed E-state index contributed by atoms with van der Waals surface area (Å²) in [6, 6.07) is 51.4. The van der Waals surface area contributed by atoms with E-state index in [1.807, 2.05) is 158 Å². The van der Waals surface area contributed by atoms with E-state index >= 15 is 0 Å². The quantitative estimate of drug-likeness (QED) is 0.0285. The maximum absolute atomic E-state index is 14.4. The van der Waals surface area contributed by atoms with Crippen molar-refractivity contribution in [3.05, 3.63) is 197 Å². The second kappa shape index (κ2) is 31.9. The van der Waals surface area contributed by atoms with Crippen LogP contribution < -0.4 is 34.2 Å². The molecule has 0 unspecified atom stereocenters. The van der Waals surface area contributed by atoms with Gasteiger partial charge in [-0.3, -0.25) is 9.13 Å². The normalized spacial score (nSPS) is 13.0. The van der Waals surface area contributed by atoms with E-state index in [9.17, 15) is 9.13 Å². The zero-order chi connectivity index (χ0) is 62.6. The molecular formula is C66H83N3O16P2. The SMILES string of the molecule is COc1ccc(C(OC[C@H](COc2cc(OC[C@@H](COC(c3ccccc3)(c3ccc(OC)cc3)c3ccc(OC)cc3)OCP(=O)(OC(C)C)OC(C)C)nc(N)n2)OCP(=O)(OC(C)C)OC(C)C)(c2ccccc2)c2ccc(OC)cc2)cc1. The fourth-order valence-electron chi connectivity index (χ4n) is 9.65. The molecule has 21 heteroatoms. The van der Waals surface area contributed by atoms with Crippen molar-refractivity contribution in [3.63, 3.8) is 0 Å². The van der Waals surface area contributed by atoms with E-state index in [-0.39, 0.29) is 44.1 Å². The van der Waals surface area contributed by atoms with E-state index in [0.717, 1.165) is 33.4 Å². The molecule has 0 radical (unpaired) electrons. The molecule has 87 heavy (non-hydrogen) atoms. The molecule has 0 saturated heterocycles. The highest BCUT2D eigenvalue weighted by atomic mass is 31.2. The number of nitrogen functional groups attached to an aromatic ring is 1. The Kier molecular flexibility index (Phi) is 24.8. The van der Waals surface area contributed by atoms with Crippen LogP contribution in [-0.4, -0.2) is 114 Å². The third kappa shape index (κ3) is 18.6. The van der Waals surface area contributed by atoms with E-state index in [1.165, 1.54) is 6.07 Å². The van der Waals surface area contributed by atoms with Crippen molar-refractivity contribution in [3.8, 4) is 34.8 Å². The van der Waals surface area contributed by atoms with E-state index < -0.39 is 75.7 Å². The summed E-state index contributed by atoms with van der Waals surface area (Å²) in [5.74, 6) is 2.42. The van der Waals surface area contributed by atoms with Gasteiger partial charge < -0.3 is 71.2 Å². The van der Waals surface area contributed by atoms with Gasteiger partial charge in [-0.15, -0.1) is 0 Å². The first-order valence-electron chi connectivity index (χ1n) is 28.8. The average Bonchev–Trinajstić information content (AvgIpc) is 1.11. The van der Waals surface area contributed by atoms with Gasteiger partial charge in [0, 0.05) is 0 Å². The van der Waals surface area contributed by atoms with E-state index in [2.05, 4.69) is 9.97 Å². The van der Waals surface area contributed by atoms with Crippen LogP contribution in [-0.2, 0) is 57.4 Å². The topological polar surface area (TPSA) is 215 Å². The zero-order valence-corrected chi connectivity index (χ0v) is 53.5. The molecule has 2 N–H and O–H groups in total. The van der Waals surface area contributed by atoms with E-state index in [4.69, 9.17) is 71.2 Å². The van der Waals surface area contributed by atoms with Crippen LogP contribution in [0.4, 0.5) is 5.95 Å². The predicted octanol–water partition coefficient (Wildman–Crippen LogP) is 13.6. The molecule has 7 aromatic rings. The molecule has 468 valence electrons. The minimum Gasteiger partial charge on any atom is -0.497 e. The highest BCUT2D eigenvalue weighted by Crippen LogP contribution is 2.52. The first-order valence-corrected chi connectivity index (χ1v) is 32.2. The van der Waals surface area contributed by atoms with Crippen molar-refractivity contribution in [2.45, 2.75) is 103 Å². The average molecular weight is 1240 g/mol. The molecule has 0 aliphatic heterocycles. The second-order valence-corrected chi connectivity index (χ2v) is 25.1. The van der Waals surface area contributed by atoms with Crippen LogP contribution in [0.3, 0.4) is 0 Å². The summed E-state index contributed by atoms with van der Waals surface area (Å²) in [6.07, 6.45) is -4.69. The van der Waals surface area contributed by atoms with E-state index in [0.29, 0.717) is 23.0 Å². The van der Waals surface area contributed by atoms with Crippen LogP contribution >= 0.6 is 15.2 Å². The number of hydrogen-bond acceptors (Lipinski definition) is 19. The second-order valence-electron chi connectivity index (χ2n) is 21.3. The van der Waals surface area contributed by atoms with Gasteiger partial charge in [-0.25, -0.2) is 0 Å². The molecule has 0 amide bonds. The van der Waals surface area contributed by atoms with Crippen molar-refractivity contribution in [2.24, 2.45) is 0 Å². The van der Waals surface area contributed by atoms with Crippen LogP contribution in [0.2, 0.25) is 0 Å². The number of ether oxygens (including phenoxy) is 10. The van der Waals surface area contributed by atoms with Gasteiger partial charge in [0.05, 0.1) is 72.1 Å². The van der Waals surface area contributed by atoms with Crippen LogP contribution in [0.25, 0.3) is 0 Å². The van der Waals surface area contributed by atoms with Gasteiger partial charge in [-0.1, -0.05) is 109 Å². The lowest BCUT2D eigenvalue weighted by Gasteiger charge is -2.37. The van der Waals surface area contributed by atoms with Gasteiger partial charge >= 0.3 is 15.2 Å². The summed E-state index contributed by atoms with van der Waals surface area (Å²) in [6.45, 7) is 13.4. The van der Waals surface area contributed by atoms with Gasteiger partial charge in [0.25, 0.3) is 0 Å². The van der Waals surface area contributed by atoms with E-state index in [1.54, 1.807) is 83.8 Å². The number of anilines is 1. The van der Waals surface area contributed by atoms with Crippen LogP contribution in [0.15, 0.2) is 164 Å². The number of methoxy groups -OCH3 is 4. The maximum Gasteiger partial charge on any atom is 0.356 e. The van der Waals surface area contributed by atoms with Gasteiger partial charge in [-0.05, 0) is 137 Å². The highest BCUT2D eigenvalue weighted by Gasteiger charge is 2.42. The Morgan fingerprint density at radius 1 is 0.391 bits per heavy atom. The van der Waals surface area contributed by atoms with Crippen LogP contribution in [0, 0.1) is 0 Å². The molecule has 0 fully saturated rings. The molecule has 1 aromatic heterocycles. The highest BCUT2D eigenvalue weighted by molar-refractivity contribution is 7.53. The molecule has 0 aliphatic rings. The molecule has 0 bridgehead atoms. The minimum absolute atomic E-state index is 0.00164. The number of nitrogens with zero attached hydrogens (tertiary/aromatic N) is 2. The monoisotopic (exact) mass is 1240 g/mol. The molecule has 1 heterocycles. The van der Waals surface area contributed by atoms with Crippen LogP contribution in [0.5, 0.6) is 34.8 Å². The predicted molar refractivity (Wildman–Crippen MR) is 334 cm³/mol. The zero-order valence-electron chi connectivity index (χ0n) is 51.7.